The Kier molecular flexibility index (Phi) is 4.57. The number of nitro groups is 1. The molecule has 0 saturated heterocycles. The van der Waals surface area contributed by atoms with E-state index in [1.165, 1.54) is 24.3 Å². The molecule has 1 aromatic rings. The summed E-state index contributed by atoms with van der Waals surface area (Å²) in [5.41, 5.74) is 2.16. The van der Waals surface area contributed by atoms with Crippen LogP contribution in [0.5, 0.6) is 0 Å². The Bertz CT molecular complexity index is 558. The molecule has 0 aromatic heterocycles. The summed E-state index contributed by atoms with van der Waals surface area (Å²) in [4.78, 5) is 22.6. The average Bonchev–Trinajstić information content (AvgIpc) is 2.36. The second kappa shape index (κ2) is 5.68. The third kappa shape index (κ3) is 3.69. The van der Waals surface area contributed by atoms with Gasteiger partial charge in [0.1, 0.15) is 0 Å². The number of benzene rings is 1. The van der Waals surface area contributed by atoms with Crippen molar-refractivity contribution in [2.45, 2.75) is 25.2 Å². The maximum Gasteiger partial charge on any atom is 0.415 e. The lowest BCUT2D eigenvalue weighted by molar-refractivity contribution is -0.384. The summed E-state index contributed by atoms with van der Waals surface area (Å²) in [5, 5.41) is 10.6. The largest absolute Gasteiger partial charge is 0.415 e. The Morgan fingerprint density at radius 3 is 2.48 bits per heavy atom. The van der Waals surface area contributed by atoms with Crippen LogP contribution in [0.15, 0.2) is 24.3 Å². The molecule has 21 heavy (non-hydrogen) atoms. The van der Waals surface area contributed by atoms with Gasteiger partial charge < -0.3 is 10.6 Å². The Morgan fingerprint density at radius 2 is 2.00 bits per heavy atom. The number of carbonyl (C=O) groups excluding carboxylic acids is 1. The van der Waals surface area contributed by atoms with Crippen molar-refractivity contribution in [3.8, 4) is 0 Å². The maximum absolute atomic E-state index is 12.7. The molecular formula is C12H14F3N3O3. The van der Waals surface area contributed by atoms with Gasteiger partial charge in [-0.3, -0.25) is 14.9 Å². The molecule has 0 spiro atoms. The zero-order chi connectivity index (χ0) is 16.4. The molecular weight excluding hydrogens is 291 g/mol. The molecule has 9 heteroatoms. The van der Waals surface area contributed by atoms with Crippen molar-refractivity contribution in [3.63, 3.8) is 0 Å². The summed E-state index contributed by atoms with van der Waals surface area (Å²) in [6.07, 6.45) is -4.89. The van der Waals surface area contributed by atoms with Crippen molar-refractivity contribution in [2.24, 2.45) is 5.73 Å². The van der Waals surface area contributed by atoms with Crippen LogP contribution in [0.25, 0.3) is 0 Å². The number of non-ortho nitro benzene ring substituents is 1. The molecule has 0 aliphatic rings. The van der Waals surface area contributed by atoms with Gasteiger partial charge >= 0.3 is 6.18 Å². The third-order valence-electron chi connectivity index (χ3n) is 2.92. The van der Waals surface area contributed by atoms with E-state index in [2.05, 4.69) is 0 Å². The summed E-state index contributed by atoms with van der Waals surface area (Å²) < 4.78 is 38.1. The lowest BCUT2D eigenvalue weighted by Crippen LogP contribution is -2.61. The quantitative estimate of drug-likeness (QED) is 0.679. The Hall–Kier alpha value is -2.16. The van der Waals surface area contributed by atoms with Crippen molar-refractivity contribution in [1.29, 1.82) is 0 Å². The van der Waals surface area contributed by atoms with Crippen LogP contribution in [0.1, 0.15) is 12.5 Å². The number of amides is 1. The average molecular weight is 305 g/mol. The fraction of sp³-hybridized carbons (Fsp3) is 0.417. The Labute approximate surface area is 118 Å². The highest BCUT2D eigenvalue weighted by atomic mass is 19.4. The SMILES string of the molecule is CN(Cc1cccc([N+](=O)[O-])c1)C(=O)C(C)(N)C(F)(F)F. The predicted molar refractivity (Wildman–Crippen MR) is 68.2 cm³/mol. The van der Waals surface area contributed by atoms with Crippen LogP contribution in [-0.2, 0) is 11.3 Å². The maximum atomic E-state index is 12.7. The van der Waals surface area contributed by atoms with Crippen LogP contribution in [0.2, 0.25) is 0 Å². The van der Waals surface area contributed by atoms with Crippen LogP contribution in [-0.4, -0.2) is 34.5 Å². The minimum atomic E-state index is -4.89. The molecule has 1 unspecified atom stereocenters. The monoisotopic (exact) mass is 305 g/mol. The second-order valence-corrected chi connectivity index (χ2v) is 4.79. The first-order valence-corrected chi connectivity index (χ1v) is 5.81. The van der Waals surface area contributed by atoms with Gasteiger partial charge in [0.15, 0.2) is 5.54 Å². The molecule has 2 N–H and O–H groups in total. The van der Waals surface area contributed by atoms with Gasteiger partial charge in [-0.25, -0.2) is 0 Å². The van der Waals surface area contributed by atoms with Gasteiger partial charge in [-0.2, -0.15) is 13.2 Å². The Balaban J connectivity index is 2.91. The van der Waals surface area contributed by atoms with E-state index in [4.69, 9.17) is 5.73 Å². The fourth-order valence-corrected chi connectivity index (χ4v) is 1.63. The van der Waals surface area contributed by atoms with Crippen molar-refractivity contribution in [3.05, 3.63) is 39.9 Å². The summed E-state index contributed by atoms with van der Waals surface area (Å²) in [5.74, 6) is -1.32. The van der Waals surface area contributed by atoms with Crippen molar-refractivity contribution >= 4 is 11.6 Å². The van der Waals surface area contributed by atoms with E-state index in [1.54, 1.807) is 0 Å². The zero-order valence-electron chi connectivity index (χ0n) is 11.3. The van der Waals surface area contributed by atoms with Crippen LogP contribution < -0.4 is 5.73 Å². The summed E-state index contributed by atoms with van der Waals surface area (Å²) in [7, 11) is 1.15. The topological polar surface area (TPSA) is 89.5 Å². The number of hydrogen-bond donors (Lipinski definition) is 1. The van der Waals surface area contributed by atoms with E-state index >= 15 is 0 Å². The first-order chi connectivity index (χ1) is 9.46. The van der Waals surface area contributed by atoms with Crippen LogP contribution >= 0.6 is 0 Å². The van der Waals surface area contributed by atoms with E-state index in [1.807, 2.05) is 0 Å². The van der Waals surface area contributed by atoms with E-state index in [0.717, 1.165) is 11.9 Å². The van der Waals surface area contributed by atoms with Gasteiger partial charge in [-0.05, 0) is 12.5 Å². The van der Waals surface area contributed by atoms with E-state index in [9.17, 15) is 28.1 Å². The van der Waals surface area contributed by atoms with Crippen LogP contribution in [0.3, 0.4) is 0 Å². The van der Waals surface area contributed by atoms with Gasteiger partial charge in [-0.15, -0.1) is 0 Å². The van der Waals surface area contributed by atoms with Crippen molar-refractivity contribution in [1.82, 2.24) is 4.90 Å². The molecule has 1 atom stereocenters. The normalized spacial score (nSPS) is 14.4. The molecule has 1 aromatic carbocycles. The van der Waals surface area contributed by atoms with Crippen molar-refractivity contribution in [2.75, 3.05) is 7.05 Å². The van der Waals surface area contributed by atoms with Gasteiger partial charge in [0.25, 0.3) is 11.6 Å². The highest BCUT2D eigenvalue weighted by Gasteiger charge is 2.54. The van der Waals surface area contributed by atoms with E-state index in [-0.39, 0.29) is 12.2 Å². The minimum Gasteiger partial charge on any atom is -0.340 e. The highest BCUT2D eigenvalue weighted by Crippen LogP contribution is 2.29. The predicted octanol–water partition coefficient (Wildman–Crippen LogP) is 1.83. The Morgan fingerprint density at radius 1 is 1.43 bits per heavy atom. The third-order valence-corrected chi connectivity index (χ3v) is 2.92. The highest BCUT2D eigenvalue weighted by molar-refractivity contribution is 5.86. The van der Waals surface area contributed by atoms with Gasteiger partial charge in [0.05, 0.1) is 4.92 Å². The molecule has 1 rings (SSSR count). The number of carbonyl (C=O) groups is 1. The van der Waals surface area contributed by atoms with E-state index in [0.29, 0.717) is 12.5 Å². The molecule has 0 aliphatic heterocycles. The number of nitrogens with zero attached hydrogens (tertiary/aromatic N) is 2. The molecule has 0 radical (unpaired) electrons. The number of alkyl halides is 3. The lowest BCUT2D eigenvalue weighted by Gasteiger charge is -2.30. The van der Waals surface area contributed by atoms with Gasteiger partial charge in [0.2, 0.25) is 0 Å². The lowest BCUT2D eigenvalue weighted by atomic mass is 10.0. The standard InChI is InChI=1S/C12H14F3N3O3/c1-11(16,12(13,14)15)10(19)17(2)7-8-4-3-5-9(6-8)18(20)21/h3-6H,7,16H2,1-2H3. The summed E-state index contributed by atoms with van der Waals surface area (Å²) >= 11 is 0. The van der Waals surface area contributed by atoms with Crippen LogP contribution in [0, 0.1) is 10.1 Å². The molecule has 1 amide bonds. The molecule has 0 heterocycles. The number of halogens is 3. The molecule has 6 nitrogen and oxygen atoms in total. The van der Waals surface area contributed by atoms with E-state index < -0.39 is 22.5 Å². The zero-order valence-corrected chi connectivity index (χ0v) is 11.3. The summed E-state index contributed by atoms with van der Waals surface area (Å²) in [6.45, 7) is 0.364. The number of likely N-dealkylation sites (N-methyl/N-ethyl adjacent to an activating group) is 1. The molecule has 0 fully saturated rings. The molecule has 0 bridgehead atoms. The smallest absolute Gasteiger partial charge is 0.340 e. The molecule has 116 valence electrons. The first-order valence-electron chi connectivity index (χ1n) is 5.81. The minimum absolute atomic E-state index is 0.209. The first kappa shape index (κ1) is 16.9. The van der Waals surface area contributed by atoms with Crippen molar-refractivity contribution < 1.29 is 22.9 Å². The molecule has 0 saturated carbocycles. The number of hydrogen-bond acceptors (Lipinski definition) is 4. The van der Waals surface area contributed by atoms with Gasteiger partial charge in [-0.1, -0.05) is 12.1 Å². The second-order valence-electron chi connectivity index (χ2n) is 4.79. The molecule has 0 aliphatic carbocycles. The summed E-state index contributed by atoms with van der Waals surface area (Å²) in [6, 6.07) is 5.29. The number of nitrogens with two attached hydrogens (primary N) is 1. The number of rotatable bonds is 4. The number of nitro benzene ring substituents is 1. The fourth-order valence-electron chi connectivity index (χ4n) is 1.63. The van der Waals surface area contributed by atoms with Crippen LogP contribution in [0.4, 0.5) is 18.9 Å². The van der Waals surface area contributed by atoms with Gasteiger partial charge in [0, 0.05) is 25.7 Å².